The Labute approximate surface area is 158 Å². The van der Waals surface area contributed by atoms with E-state index in [2.05, 4.69) is 26.5 Å². The number of morpholine rings is 1. The minimum absolute atomic E-state index is 0.183. The van der Waals surface area contributed by atoms with Crippen LogP contribution >= 0.6 is 0 Å². The number of fused-ring (bicyclic) bond motifs is 3. The molecule has 3 aromatic rings. The molecule has 4 heterocycles. The van der Waals surface area contributed by atoms with Crippen molar-refractivity contribution in [2.75, 3.05) is 42.6 Å². The van der Waals surface area contributed by atoms with Crippen LogP contribution in [-0.4, -0.2) is 42.4 Å². The fourth-order valence-corrected chi connectivity index (χ4v) is 4.30. The van der Waals surface area contributed by atoms with E-state index in [1.54, 1.807) is 12.1 Å². The molecule has 0 aliphatic carbocycles. The lowest BCUT2D eigenvalue weighted by molar-refractivity contribution is 0.122. The Hall–Kier alpha value is -2.60. The molecule has 2 aliphatic rings. The van der Waals surface area contributed by atoms with E-state index in [4.69, 9.17) is 9.72 Å². The largest absolute Gasteiger partial charge is 0.378 e. The van der Waals surface area contributed by atoms with E-state index in [-0.39, 0.29) is 5.82 Å². The van der Waals surface area contributed by atoms with Gasteiger partial charge in [-0.25, -0.2) is 9.37 Å². The third-order valence-electron chi connectivity index (χ3n) is 5.80. The zero-order chi connectivity index (χ0) is 18.4. The highest BCUT2D eigenvalue weighted by Gasteiger charge is 2.24. The van der Waals surface area contributed by atoms with Crippen molar-refractivity contribution in [2.24, 2.45) is 7.05 Å². The standard InChI is InChI=1S/C21H23FN4O/c1-24-19-12-15(22)2-4-17(19)18-6-7-26(14-20(18)24)21-5-3-16(13-23-21)25-8-10-27-11-9-25/h2-5,12-13H,6-11,14H2,1H3. The predicted octanol–water partition coefficient (Wildman–Crippen LogP) is 3.11. The first-order chi connectivity index (χ1) is 13.2. The van der Waals surface area contributed by atoms with Crippen LogP contribution in [-0.2, 0) is 24.8 Å². The second-order valence-electron chi connectivity index (χ2n) is 7.29. The van der Waals surface area contributed by atoms with Crippen LogP contribution in [0.4, 0.5) is 15.9 Å². The second-order valence-corrected chi connectivity index (χ2v) is 7.29. The van der Waals surface area contributed by atoms with Crippen molar-refractivity contribution in [2.45, 2.75) is 13.0 Å². The number of aryl methyl sites for hydroxylation is 1. The Morgan fingerprint density at radius 3 is 2.67 bits per heavy atom. The first-order valence-electron chi connectivity index (χ1n) is 9.50. The van der Waals surface area contributed by atoms with Crippen LogP contribution in [0.1, 0.15) is 11.3 Å². The maximum atomic E-state index is 13.7. The number of hydrogen-bond acceptors (Lipinski definition) is 4. The lowest BCUT2D eigenvalue weighted by Crippen LogP contribution is -2.36. The Morgan fingerprint density at radius 1 is 1.04 bits per heavy atom. The van der Waals surface area contributed by atoms with E-state index in [0.717, 1.165) is 62.8 Å². The molecule has 0 saturated carbocycles. The van der Waals surface area contributed by atoms with Gasteiger partial charge in [-0.3, -0.25) is 0 Å². The van der Waals surface area contributed by atoms with Crippen LogP contribution in [0, 0.1) is 5.82 Å². The quantitative estimate of drug-likeness (QED) is 0.698. The molecule has 0 atom stereocenters. The van der Waals surface area contributed by atoms with Gasteiger partial charge in [0.15, 0.2) is 0 Å². The fourth-order valence-electron chi connectivity index (χ4n) is 4.30. The molecular weight excluding hydrogens is 343 g/mol. The van der Waals surface area contributed by atoms with Crippen molar-refractivity contribution in [3.05, 3.63) is 53.6 Å². The Kier molecular flexibility index (Phi) is 4.01. The molecule has 0 radical (unpaired) electrons. The van der Waals surface area contributed by atoms with E-state index in [1.807, 2.05) is 19.3 Å². The summed E-state index contributed by atoms with van der Waals surface area (Å²) in [4.78, 5) is 9.34. The van der Waals surface area contributed by atoms with Gasteiger partial charge in [-0.1, -0.05) is 0 Å². The van der Waals surface area contributed by atoms with E-state index in [0.29, 0.717) is 0 Å². The second kappa shape index (κ2) is 6.53. The van der Waals surface area contributed by atoms with Gasteiger partial charge in [-0.2, -0.15) is 0 Å². The van der Waals surface area contributed by atoms with Crippen molar-refractivity contribution in [3.8, 4) is 0 Å². The van der Waals surface area contributed by atoms with E-state index in [9.17, 15) is 4.39 Å². The van der Waals surface area contributed by atoms with Crippen molar-refractivity contribution in [3.63, 3.8) is 0 Å². The summed E-state index contributed by atoms with van der Waals surface area (Å²) in [6.07, 6.45) is 2.91. The summed E-state index contributed by atoms with van der Waals surface area (Å²) in [5.74, 6) is 0.812. The normalized spacial score (nSPS) is 17.4. The lowest BCUT2D eigenvalue weighted by Gasteiger charge is -2.31. The van der Waals surface area contributed by atoms with Gasteiger partial charge in [0.1, 0.15) is 11.6 Å². The van der Waals surface area contributed by atoms with Gasteiger partial charge in [0, 0.05) is 37.8 Å². The zero-order valence-electron chi connectivity index (χ0n) is 15.5. The van der Waals surface area contributed by atoms with Gasteiger partial charge in [-0.15, -0.1) is 0 Å². The first kappa shape index (κ1) is 16.6. The minimum Gasteiger partial charge on any atom is -0.378 e. The highest BCUT2D eigenvalue weighted by molar-refractivity contribution is 5.86. The molecule has 2 aromatic heterocycles. The number of halogens is 1. The number of aromatic nitrogens is 2. The number of benzene rings is 1. The number of rotatable bonds is 2. The highest BCUT2D eigenvalue weighted by atomic mass is 19.1. The van der Waals surface area contributed by atoms with Crippen LogP contribution in [0.3, 0.4) is 0 Å². The van der Waals surface area contributed by atoms with Crippen molar-refractivity contribution >= 4 is 22.4 Å². The van der Waals surface area contributed by atoms with Gasteiger partial charge in [0.2, 0.25) is 0 Å². The Bertz CT molecular complexity index is 976. The van der Waals surface area contributed by atoms with Gasteiger partial charge < -0.3 is 19.1 Å². The molecule has 1 saturated heterocycles. The molecule has 140 valence electrons. The summed E-state index contributed by atoms with van der Waals surface area (Å²) < 4.78 is 21.2. The van der Waals surface area contributed by atoms with Gasteiger partial charge in [0.25, 0.3) is 0 Å². The van der Waals surface area contributed by atoms with Gasteiger partial charge in [-0.05, 0) is 42.3 Å². The maximum Gasteiger partial charge on any atom is 0.128 e. The van der Waals surface area contributed by atoms with E-state index in [1.165, 1.54) is 16.6 Å². The smallest absolute Gasteiger partial charge is 0.128 e. The number of ether oxygens (including phenoxy) is 1. The van der Waals surface area contributed by atoms with Gasteiger partial charge in [0.05, 0.1) is 37.2 Å². The molecule has 0 unspecified atom stereocenters. The number of anilines is 2. The van der Waals surface area contributed by atoms with Gasteiger partial charge >= 0.3 is 0 Å². The monoisotopic (exact) mass is 366 g/mol. The Morgan fingerprint density at radius 2 is 1.89 bits per heavy atom. The molecule has 0 N–H and O–H groups in total. The number of nitrogens with zero attached hydrogens (tertiary/aromatic N) is 4. The summed E-state index contributed by atoms with van der Waals surface area (Å²) in [5, 5.41) is 1.17. The summed E-state index contributed by atoms with van der Waals surface area (Å²) >= 11 is 0. The molecule has 27 heavy (non-hydrogen) atoms. The molecule has 2 aliphatic heterocycles. The van der Waals surface area contributed by atoms with Crippen molar-refractivity contribution in [1.29, 1.82) is 0 Å². The SMILES string of the molecule is Cn1c2c(c3ccc(F)cc31)CCN(c1ccc(N3CCOCC3)cn1)C2. The van der Waals surface area contributed by atoms with Crippen LogP contribution in [0.25, 0.3) is 10.9 Å². The lowest BCUT2D eigenvalue weighted by atomic mass is 10.0. The third kappa shape index (κ3) is 2.84. The average molecular weight is 366 g/mol. The fraction of sp³-hybridized carbons (Fsp3) is 0.381. The van der Waals surface area contributed by atoms with E-state index < -0.39 is 0 Å². The molecule has 6 heteroatoms. The number of hydrogen-bond donors (Lipinski definition) is 0. The average Bonchev–Trinajstić information content (AvgIpc) is 3.00. The van der Waals surface area contributed by atoms with E-state index >= 15 is 0 Å². The van der Waals surface area contributed by atoms with Crippen LogP contribution in [0.5, 0.6) is 0 Å². The molecule has 1 fully saturated rings. The van der Waals surface area contributed by atoms with Crippen molar-refractivity contribution in [1.82, 2.24) is 9.55 Å². The molecular formula is C21H23FN4O. The molecule has 1 aromatic carbocycles. The minimum atomic E-state index is -0.183. The predicted molar refractivity (Wildman–Crippen MR) is 105 cm³/mol. The molecule has 0 amide bonds. The first-order valence-corrected chi connectivity index (χ1v) is 9.50. The van der Waals surface area contributed by atoms with Crippen LogP contribution in [0.2, 0.25) is 0 Å². The summed E-state index contributed by atoms with van der Waals surface area (Å²) in [6, 6.07) is 9.36. The van der Waals surface area contributed by atoms with Crippen molar-refractivity contribution < 1.29 is 9.13 Å². The summed E-state index contributed by atoms with van der Waals surface area (Å²) in [6.45, 7) is 5.11. The van der Waals surface area contributed by atoms with Crippen LogP contribution < -0.4 is 9.80 Å². The topological polar surface area (TPSA) is 33.5 Å². The molecule has 0 spiro atoms. The number of pyridine rings is 1. The Balaban J connectivity index is 1.41. The maximum absolute atomic E-state index is 13.7. The highest BCUT2D eigenvalue weighted by Crippen LogP contribution is 2.32. The summed E-state index contributed by atoms with van der Waals surface area (Å²) in [5.41, 5.74) is 4.71. The molecule has 5 rings (SSSR count). The molecule has 5 nitrogen and oxygen atoms in total. The molecule has 0 bridgehead atoms. The zero-order valence-corrected chi connectivity index (χ0v) is 15.5. The van der Waals surface area contributed by atoms with Crippen LogP contribution in [0.15, 0.2) is 36.5 Å². The third-order valence-corrected chi connectivity index (χ3v) is 5.80. The summed E-state index contributed by atoms with van der Waals surface area (Å²) in [7, 11) is 2.03.